The lowest BCUT2D eigenvalue weighted by Crippen LogP contribution is -2.11. The summed E-state index contributed by atoms with van der Waals surface area (Å²) in [6.45, 7) is 1.81. The van der Waals surface area contributed by atoms with Gasteiger partial charge in [0.05, 0.1) is 22.9 Å². The summed E-state index contributed by atoms with van der Waals surface area (Å²) in [6.07, 6.45) is 3.01. The van der Waals surface area contributed by atoms with E-state index >= 15 is 0 Å². The van der Waals surface area contributed by atoms with E-state index in [2.05, 4.69) is 5.10 Å². The van der Waals surface area contributed by atoms with Gasteiger partial charge in [0.25, 0.3) is 0 Å². The first kappa shape index (κ1) is 19.2. The summed E-state index contributed by atoms with van der Waals surface area (Å²) < 4.78 is 30.7. The van der Waals surface area contributed by atoms with Gasteiger partial charge in [-0.3, -0.25) is 4.68 Å². The van der Waals surface area contributed by atoms with Gasteiger partial charge in [-0.2, -0.15) is 5.10 Å². The normalized spacial score (nSPS) is 11.8. The number of esters is 1. The molecule has 134 valence electrons. The summed E-state index contributed by atoms with van der Waals surface area (Å²) in [5, 5.41) is 4.56. The fraction of sp³-hybridized carbons (Fsp3) is 0.294. The quantitative estimate of drug-likeness (QED) is 0.418. The number of aryl methyl sites for hydroxylation is 2. The lowest BCUT2D eigenvalue weighted by molar-refractivity contribution is -0.137. The Morgan fingerprint density at radius 1 is 1.32 bits per heavy atom. The van der Waals surface area contributed by atoms with Gasteiger partial charge >= 0.3 is 5.97 Å². The highest BCUT2D eigenvalue weighted by molar-refractivity contribution is 7.91. The Labute approximate surface area is 152 Å². The molecule has 0 N–H and O–H groups in total. The molecule has 1 heterocycles. The largest absolute Gasteiger partial charge is 0.462 e. The molecule has 1 aromatic heterocycles. The molecular weight excluding hydrogens is 364 g/mol. The average Bonchev–Trinajstić information content (AvgIpc) is 2.83. The van der Waals surface area contributed by atoms with Crippen molar-refractivity contribution < 1.29 is 17.9 Å². The van der Waals surface area contributed by atoms with Crippen LogP contribution >= 0.6 is 11.6 Å². The zero-order valence-corrected chi connectivity index (χ0v) is 15.5. The second-order valence-corrected chi connectivity index (χ2v) is 7.87. The molecule has 0 unspecified atom stereocenters. The summed E-state index contributed by atoms with van der Waals surface area (Å²) in [7, 11) is -1.65. The van der Waals surface area contributed by atoms with E-state index in [1.54, 1.807) is 44.3 Å². The van der Waals surface area contributed by atoms with E-state index in [0.29, 0.717) is 16.4 Å². The fourth-order valence-corrected chi connectivity index (χ4v) is 3.75. The molecule has 0 aliphatic heterocycles. The standard InChI is InChI=1S/C17H19ClN2O4S/c1-13-15(17(18)20(2)19-13)9-10-16(21)24-11-6-12-25(22,23)14-7-4-3-5-8-14/h3-5,7-10H,6,11-12H2,1-2H3. The zero-order chi connectivity index (χ0) is 18.4. The molecule has 0 aliphatic carbocycles. The first-order valence-corrected chi connectivity index (χ1v) is 9.66. The number of hydrogen-bond acceptors (Lipinski definition) is 5. The maximum atomic E-state index is 12.1. The summed E-state index contributed by atoms with van der Waals surface area (Å²) in [5.41, 5.74) is 1.35. The number of carbonyl (C=O) groups is 1. The molecule has 0 amide bonds. The van der Waals surface area contributed by atoms with E-state index in [-0.39, 0.29) is 23.7 Å². The van der Waals surface area contributed by atoms with Crippen molar-refractivity contribution in [3.05, 3.63) is 52.8 Å². The lowest BCUT2D eigenvalue weighted by Gasteiger charge is -2.04. The summed E-state index contributed by atoms with van der Waals surface area (Å²) in [6, 6.07) is 8.18. The number of rotatable bonds is 7. The van der Waals surface area contributed by atoms with Crippen LogP contribution in [0.25, 0.3) is 6.08 Å². The van der Waals surface area contributed by atoms with Gasteiger partial charge in [-0.15, -0.1) is 0 Å². The predicted molar refractivity (Wildman–Crippen MR) is 96.1 cm³/mol. The van der Waals surface area contributed by atoms with E-state index in [1.165, 1.54) is 16.8 Å². The van der Waals surface area contributed by atoms with E-state index in [1.807, 2.05) is 0 Å². The number of benzene rings is 1. The Balaban J connectivity index is 1.82. The van der Waals surface area contributed by atoms with Crippen molar-refractivity contribution in [2.24, 2.45) is 7.05 Å². The van der Waals surface area contributed by atoms with Gasteiger partial charge in [-0.1, -0.05) is 29.8 Å². The molecule has 0 aliphatic rings. The van der Waals surface area contributed by atoms with Gasteiger partial charge in [0, 0.05) is 18.7 Å². The number of carbonyl (C=O) groups excluding carboxylic acids is 1. The topological polar surface area (TPSA) is 78.3 Å². The summed E-state index contributed by atoms with van der Waals surface area (Å²) >= 11 is 6.06. The molecule has 0 bridgehead atoms. The molecule has 6 nitrogen and oxygen atoms in total. The molecule has 0 atom stereocenters. The van der Waals surface area contributed by atoms with Gasteiger partial charge in [-0.05, 0) is 31.6 Å². The van der Waals surface area contributed by atoms with Crippen molar-refractivity contribution >= 4 is 33.5 Å². The molecule has 25 heavy (non-hydrogen) atoms. The number of aromatic nitrogens is 2. The van der Waals surface area contributed by atoms with Crippen LogP contribution in [0.4, 0.5) is 0 Å². The van der Waals surface area contributed by atoms with Crippen LogP contribution in [0.2, 0.25) is 5.15 Å². The molecule has 0 saturated carbocycles. The Hall–Kier alpha value is -2.12. The minimum Gasteiger partial charge on any atom is -0.462 e. The number of nitrogens with zero attached hydrogens (tertiary/aromatic N) is 2. The van der Waals surface area contributed by atoms with Crippen LogP contribution in [-0.2, 0) is 26.4 Å². The number of sulfone groups is 1. The predicted octanol–water partition coefficient (Wildman–Crippen LogP) is 2.80. The number of halogens is 1. The molecule has 2 aromatic rings. The van der Waals surface area contributed by atoms with E-state index in [0.717, 1.165) is 0 Å². The number of hydrogen-bond donors (Lipinski definition) is 0. The highest BCUT2D eigenvalue weighted by Crippen LogP contribution is 2.20. The van der Waals surface area contributed by atoms with Crippen molar-refractivity contribution in [2.45, 2.75) is 18.2 Å². The third kappa shape index (κ3) is 5.17. The maximum absolute atomic E-state index is 12.1. The molecule has 0 spiro atoms. The van der Waals surface area contributed by atoms with E-state index in [4.69, 9.17) is 16.3 Å². The van der Waals surface area contributed by atoms with Gasteiger partial charge < -0.3 is 4.74 Å². The van der Waals surface area contributed by atoms with Crippen LogP contribution in [-0.4, -0.2) is 36.5 Å². The zero-order valence-electron chi connectivity index (χ0n) is 14.0. The highest BCUT2D eigenvalue weighted by atomic mass is 35.5. The van der Waals surface area contributed by atoms with Crippen LogP contribution in [0.5, 0.6) is 0 Å². The molecule has 8 heteroatoms. The first-order chi connectivity index (χ1) is 11.8. The Kier molecular flexibility index (Phi) is 6.39. The van der Waals surface area contributed by atoms with Crippen molar-refractivity contribution in [3.8, 4) is 0 Å². The molecule has 1 aromatic carbocycles. The van der Waals surface area contributed by atoms with Crippen LogP contribution in [0.15, 0.2) is 41.3 Å². The molecule has 0 radical (unpaired) electrons. The van der Waals surface area contributed by atoms with Crippen molar-refractivity contribution in [3.63, 3.8) is 0 Å². The second kappa shape index (κ2) is 8.31. The monoisotopic (exact) mass is 382 g/mol. The first-order valence-electron chi connectivity index (χ1n) is 7.63. The van der Waals surface area contributed by atoms with Gasteiger partial charge in [0.15, 0.2) is 9.84 Å². The molecule has 0 fully saturated rings. The fourth-order valence-electron chi connectivity index (χ4n) is 2.20. The lowest BCUT2D eigenvalue weighted by atomic mass is 10.2. The summed E-state index contributed by atoms with van der Waals surface area (Å²) in [4.78, 5) is 12.0. The third-order valence-corrected chi connectivity index (χ3v) is 5.75. The minimum absolute atomic E-state index is 0.0228. The van der Waals surface area contributed by atoms with E-state index in [9.17, 15) is 13.2 Å². The van der Waals surface area contributed by atoms with Crippen molar-refractivity contribution in [1.29, 1.82) is 0 Å². The number of ether oxygens (including phenoxy) is 1. The van der Waals surface area contributed by atoms with Crippen LogP contribution < -0.4 is 0 Å². The minimum atomic E-state index is -3.36. The van der Waals surface area contributed by atoms with Crippen LogP contribution in [0.3, 0.4) is 0 Å². The van der Waals surface area contributed by atoms with Crippen molar-refractivity contribution in [1.82, 2.24) is 9.78 Å². The Bertz CT molecular complexity index is 874. The average molecular weight is 383 g/mol. The Morgan fingerprint density at radius 3 is 2.60 bits per heavy atom. The Morgan fingerprint density at radius 2 is 2.00 bits per heavy atom. The highest BCUT2D eigenvalue weighted by Gasteiger charge is 2.13. The second-order valence-electron chi connectivity index (χ2n) is 5.40. The van der Waals surface area contributed by atoms with Crippen molar-refractivity contribution in [2.75, 3.05) is 12.4 Å². The smallest absolute Gasteiger partial charge is 0.330 e. The van der Waals surface area contributed by atoms with Gasteiger partial charge in [0.1, 0.15) is 5.15 Å². The summed E-state index contributed by atoms with van der Waals surface area (Å²) in [5.74, 6) is -0.641. The SMILES string of the molecule is Cc1nn(C)c(Cl)c1C=CC(=O)OCCCS(=O)(=O)c1ccccc1. The molecule has 0 saturated heterocycles. The molecule has 2 rings (SSSR count). The third-order valence-electron chi connectivity index (χ3n) is 3.49. The van der Waals surface area contributed by atoms with Gasteiger partial charge in [0.2, 0.25) is 0 Å². The maximum Gasteiger partial charge on any atom is 0.330 e. The van der Waals surface area contributed by atoms with Gasteiger partial charge in [-0.25, -0.2) is 13.2 Å². The van der Waals surface area contributed by atoms with E-state index < -0.39 is 15.8 Å². The van der Waals surface area contributed by atoms with Crippen LogP contribution in [0, 0.1) is 6.92 Å². The van der Waals surface area contributed by atoms with Crippen LogP contribution in [0.1, 0.15) is 17.7 Å². The molecular formula is C17H19ClN2O4S.